The second kappa shape index (κ2) is 7.10. The zero-order valence-corrected chi connectivity index (χ0v) is 14.7. The number of hydrogen-bond donors (Lipinski definition) is 0. The number of methoxy groups -OCH3 is 1. The van der Waals surface area contributed by atoms with Crippen LogP contribution in [0.1, 0.15) is 37.8 Å². The Morgan fingerprint density at radius 2 is 1.78 bits per heavy atom. The minimum atomic E-state index is 0.898. The van der Waals surface area contributed by atoms with Crippen molar-refractivity contribution in [1.29, 1.82) is 0 Å². The van der Waals surface area contributed by atoms with Gasteiger partial charge in [0.1, 0.15) is 5.75 Å². The highest BCUT2D eigenvalue weighted by atomic mass is 32.2. The molecule has 2 aromatic carbocycles. The van der Waals surface area contributed by atoms with Gasteiger partial charge in [-0.2, -0.15) is 0 Å². The highest BCUT2D eigenvalue weighted by Gasteiger charge is 2.22. The lowest BCUT2D eigenvalue weighted by Gasteiger charge is -2.24. The van der Waals surface area contributed by atoms with Crippen LogP contribution in [0.3, 0.4) is 0 Å². The second-order valence-corrected chi connectivity index (χ2v) is 6.92. The number of hydrogen-bond acceptors (Lipinski definition) is 2. The molecule has 0 unspecified atom stereocenters. The van der Waals surface area contributed by atoms with Crippen LogP contribution in [0.2, 0.25) is 0 Å². The summed E-state index contributed by atoms with van der Waals surface area (Å²) >= 11 is 1.87. The molecule has 2 heteroatoms. The Hall–Kier alpha value is -1.93. The van der Waals surface area contributed by atoms with Crippen molar-refractivity contribution in [3.05, 3.63) is 70.6 Å². The van der Waals surface area contributed by atoms with Crippen molar-refractivity contribution in [2.24, 2.45) is 0 Å². The maximum absolute atomic E-state index is 5.30. The van der Waals surface area contributed by atoms with Crippen LogP contribution in [0, 0.1) is 0 Å². The molecule has 1 nitrogen and oxygen atoms in total. The van der Waals surface area contributed by atoms with Gasteiger partial charge in [0.2, 0.25) is 0 Å². The van der Waals surface area contributed by atoms with Crippen molar-refractivity contribution >= 4 is 22.9 Å². The van der Waals surface area contributed by atoms with Crippen molar-refractivity contribution in [2.45, 2.75) is 31.6 Å². The lowest BCUT2D eigenvalue weighted by atomic mass is 9.90. The van der Waals surface area contributed by atoms with Gasteiger partial charge in [-0.15, -0.1) is 0 Å². The van der Waals surface area contributed by atoms with E-state index in [2.05, 4.69) is 56.3 Å². The predicted octanol–water partition coefficient (Wildman–Crippen LogP) is 6.42. The third kappa shape index (κ3) is 3.23. The number of benzene rings is 2. The number of fused-ring (bicyclic) bond motifs is 1. The zero-order valence-electron chi connectivity index (χ0n) is 13.9. The maximum Gasteiger partial charge on any atom is 0.118 e. The normalized spacial score (nSPS) is 15.7. The van der Waals surface area contributed by atoms with E-state index in [0.717, 1.165) is 18.6 Å². The molecule has 0 aliphatic carbocycles. The van der Waals surface area contributed by atoms with E-state index in [4.69, 9.17) is 4.74 Å². The fourth-order valence-corrected chi connectivity index (χ4v) is 4.03. The molecule has 118 valence electrons. The molecule has 0 atom stereocenters. The van der Waals surface area contributed by atoms with Crippen LogP contribution in [-0.2, 0) is 0 Å². The first-order chi connectivity index (χ1) is 11.2. The molecule has 0 spiro atoms. The standard InChI is InChI=1S/C21H22OS/c1-4-5-8-19-18-9-6-7-10-20(18)23-15(2)21(19)16-11-13-17(22-3)14-12-16/h6-14H,4-5H2,1-3H3/b19-8+. The Morgan fingerprint density at radius 1 is 1.04 bits per heavy atom. The molecule has 3 rings (SSSR count). The van der Waals surface area contributed by atoms with E-state index in [0.29, 0.717) is 0 Å². The summed E-state index contributed by atoms with van der Waals surface area (Å²) < 4.78 is 5.30. The van der Waals surface area contributed by atoms with Gasteiger partial charge in [0.15, 0.2) is 0 Å². The molecule has 23 heavy (non-hydrogen) atoms. The molecule has 1 aliphatic rings. The Morgan fingerprint density at radius 3 is 2.48 bits per heavy atom. The van der Waals surface area contributed by atoms with E-state index in [-0.39, 0.29) is 0 Å². The molecular formula is C21H22OS. The van der Waals surface area contributed by atoms with Crippen LogP contribution in [0.4, 0.5) is 0 Å². The van der Waals surface area contributed by atoms with Crippen LogP contribution in [0.15, 0.2) is 64.4 Å². The summed E-state index contributed by atoms with van der Waals surface area (Å²) in [7, 11) is 1.71. The number of unbranched alkanes of at least 4 members (excludes halogenated alkanes) is 1. The van der Waals surface area contributed by atoms with E-state index in [1.165, 1.54) is 32.1 Å². The first-order valence-corrected chi connectivity index (χ1v) is 8.89. The molecule has 1 aliphatic heterocycles. The third-order valence-electron chi connectivity index (χ3n) is 4.08. The van der Waals surface area contributed by atoms with Crippen LogP contribution >= 0.6 is 11.8 Å². The molecule has 0 saturated heterocycles. The Labute approximate surface area is 143 Å². The fraction of sp³-hybridized carbons (Fsp3) is 0.238. The molecule has 0 fully saturated rings. The van der Waals surface area contributed by atoms with E-state index >= 15 is 0 Å². The Kier molecular flexibility index (Phi) is 4.92. The SMILES string of the molecule is CCC/C=C1/C(c2ccc(OC)cc2)=C(C)Sc2ccccc21. The second-order valence-electron chi connectivity index (χ2n) is 5.66. The molecule has 0 bridgehead atoms. The number of thioether (sulfide) groups is 1. The highest BCUT2D eigenvalue weighted by Crippen LogP contribution is 2.48. The highest BCUT2D eigenvalue weighted by molar-refractivity contribution is 8.03. The monoisotopic (exact) mass is 322 g/mol. The van der Waals surface area contributed by atoms with Crippen molar-refractivity contribution in [3.63, 3.8) is 0 Å². The molecule has 1 heterocycles. The van der Waals surface area contributed by atoms with E-state index in [1.807, 2.05) is 23.9 Å². The minimum Gasteiger partial charge on any atom is -0.497 e. The number of ether oxygens (including phenoxy) is 1. The fourth-order valence-electron chi connectivity index (χ4n) is 2.94. The van der Waals surface area contributed by atoms with Crippen molar-refractivity contribution in [2.75, 3.05) is 7.11 Å². The van der Waals surface area contributed by atoms with Gasteiger partial charge in [0, 0.05) is 4.90 Å². The summed E-state index contributed by atoms with van der Waals surface area (Å²) in [6.45, 7) is 4.45. The molecule has 0 aromatic heterocycles. The van der Waals surface area contributed by atoms with Gasteiger partial charge in [0.25, 0.3) is 0 Å². The summed E-state index contributed by atoms with van der Waals surface area (Å²) in [5, 5.41) is 0. The largest absolute Gasteiger partial charge is 0.497 e. The summed E-state index contributed by atoms with van der Waals surface area (Å²) in [4.78, 5) is 2.71. The quantitative estimate of drug-likeness (QED) is 0.642. The topological polar surface area (TPSA) is 9.23 Å². The molecular weight excluding hydrogens is 300 g/mol. The van der Waals surface area contributed by atoms with E-state index in [1.54, 1.807) is 7.11 Å². The van der Waals surface area contributed by atoms with Crippen LogP contribution in [0.25, 0.3) is 11.1 Å². The average Bonchev–Trinajstić information content (AvgIpc) is 2.59. The first-order valence-electron chi connectivity index (χ1n) is 8.07. The number of rotatable bonds is 4. The third-order valence-corrected chi connectivity index (χ3v) is 5.16. The molecule has 0 amide bonds. The smallest absolute Gasteiger partial charge is 0.118 e. The maximum atomic E-state index is 5.30. The van der Waals surface area contributed by atoms with Gasteiger partial charge in [0.05, 0.1) is 7.11 Å². The van der Waals surface area contributed by atoms with Crippen molar-refractivity contribution in [1.82, 2.24) is 0 Å². The summed E-state index contributed by atoms with van der Waals surface area (Å²) in [5.74, 6) is 0.898. The van der Waals surface area contributed by atoms with Crippen LogP contribution < -0.4 is 4.74 Å². The van der Waals surface area contributed by atoms with Crippen LogP contribution in [-0.4, -0.2) is 7.11 Å². The number of allylic oxidation sites excluding steroid dienone is 4. The Balaban J connectivity index is 2.12. The molecule has 0 radical (unpaired) electrons. The molecule has 0 saturated carbocycles. The van der Waals surface area contributed by atoms with Crippen molar-refractivity contribution in [3.8, 4) is 5.75 Å². The lowest BCUT2D eigenvalue weighted by Crippen LogP contribution is -2.00. The summed E-state index contributed by atoms with van der Waals surface area (Å²) in [6.07, 6.45) is 4.65. The van der Waals surface area contributed by atoms with Gasteiger partial charge >= 0.3 is 0 Å². The molecule has 0 N–H and O–H groups in total. The van der Waals surface area contributed by atoms with Gasteiger partial charge in [-0.05, 0) is 58.7 Å². The van der Waals surface area contributed by atoms with Crippen molar-refractivity contribution < 1.29 is 4.74 Å². The van der Waals surface area contributed by atoms with Gasteiger partial charge in [-0.25, -0.2) is 0 Å². The van der Waals surface area contributed by atoms with Gasteiger partial charge in [-0.1, -0.05) is 61.5 Å². The zero-order chi connectivity index (χ0) is 16.2. The average molecular weight is 322 g/mol. The van der Waals surface area contributed by atoms with E-state index in [9.17, 15) is 0 Å². The lowest BCUT2D eigenvalue weighted by molar-refractivity contribution is 0.415. The Bertz CT molecular complexity index is 754. The predicted molar refractivity (Wildman–Crippen MR) is 101 cm³/mol. The van der Waals surface area contributed by atoms with Crippen LogP contribution in [0.5, 0.6) is 5.75 Å². The molecule has 2 aromatic rings. The summed E-state index contributed by atoms with van der Waals surface area (Å²) in [5.41, 5.74) is 5.32. The van der Waals surface area contributed by atoms with E-state index < -0.39 is 0 Å². The minimum absolute atomic E-state index is 0.898. The summed E-state index contributed by atoms with van der Waals surface area (Å²) in [6, 6.07) is 17.1. The van der Waals surface area contributed by atoms with Gasteiger partial charge < -0.3 is 4.74 Å². The van der Waals surface area contributed by atoms with Gasteiger partial charge in [-0.3, -0.25) is 0 Å². The first kappa shape index (κ1) is 15.9.